The second-order valence-electron chi connectivity index (χ2n) is 6.08. The number of rotatable bonds is 20. The van der Waals surface area contributed by atoms with Crippen LogP contribution in [0.3, 0.4) is 0 Å². The second kappa shape index (κ2) is 19.7. The molecule has 0 aromatic heterocycles. The normalized spacial score (nSPS) is 11.5. The number of carbonyl (C=O) groups excluding carboxylic acids is 3. The van der Waals surface area contributed by atoms with E-state index in [0.717, 1.165) is 0 Å². The lowest BCUT2D eigenvalue weighted by molar-refractivity contribution is -0.168. The molecule has 1 N–H and O–H groups in total. The molecule has 0 aliphatic carbocycles. The molecule has 180 valence electrons. The van der Waals surface area contributed by atoms with Crippen LogP contribution in [0.5, 0.6) is 0 Å². The van der Waals surface area contributed by atoms with Crippen LogP contribution in [-0.2, 0) is 52.3 Å². The summed E-state index contributed by atoms with van der Waals surface area (Å²) < 4.78 is 35.1. The number of hydrogen-bond donors (Lipinski definition) is 1. The molecule has 0 amide bonds. The summed E-state index contributed by atoms with van der Waals surface area (Å²) in [5.41, 5.74) is 0. The average Bonchev–Trinajstić information content (AvgIpc) is 2.73. The minimum Gasteiger partial charge on any atom is -0.481 e. The Hall–Kier alpha value is -2.28. The summed E-state index contributed by atoms with van der Waals surface area (Å²) in [5.74, 6) is -3.14. The smallest absolute Gasteiger partial charge is 0.308 e. The molecule has 0 aromatic rings. The van der Waals surface area contributed by atoms with Crippen molar-refractivity contribution in [3.05, 3.63) is 0 Å². The predicted octanol–water partition coefficient (Wildman–Crippen LogP) is -0.0444. The van der Waals surface area contributed by atoms with Crippen LogP contribution < -0.4 is 0 Å². The standard InChI is InChI=1S/C19H32O12/c1-25-9-11-27-7-5-18(23)30-14-15(13-29-17(22)4-3-16(20)21)31-19(24)6-8-28-12-10-26-2/h15H,3-14H2,1-2H3,(H,20,21). The van der Waals surface area contributed by atoms with Crippen LogP contribution in [0, 0.1) is 0 Å². The van der Waals surface area contributed by atoms with Crippen LogP contribution in [0.4, 0.5) is 0 Å². The summed E-state index contributed by atoms with van der Waals surface area (Å²) in [6, 6.07) is 0. The van der Waals surface area contributed by atoms with Gasteiger partial charge in [0.1, 0.15) is 13.2 Å². The molecule has 0 radical (unpaired) electrons. The number of carboxylic acid groups (broad SMARTS) is 1. The summed E-state index contributed by atoms with van der Waals surface area (Å²) in [6.45, 7) is 0.957. The quantitative estimate of drug-likeness (QED) is 0.150. The molecule has 0 saturated carbocycles. The van der Waals surface area contributed by atoms with Crippen LogP contribution in [0.2, 0.25) is 0 Å². The summed E-state index contributed by atoms with van der Waals surface area (Å²) in [4.78, 5) is 45.8. The molecule has 1 unspecified atom stereocenters. The highest BCUT2D eigenvalue weighted by Crippen LogP contribution is 2.03. The van der Waals surface area contributed by atoms with E-state index in [1.54, 1.807) is 0 Å². The Morgan fingerprint density at radius 3 is 1.61 bits per heavy atom. The first-order chi connectivity index (χ1) is 14.9. The maximum absolute atomic E-state index is 11.9. The van der Waals surface area contributed by atoms with Gasteiger partial charge in [0.2, 0.25) is 0 Å². The van der Waals surface area contributed by atoms with E-state index in [0.29, 0.717) is 26.4 Å². The molecule has 0 rings (SSSR count). The first kappa shape index (κ1) is 28.7. The van der Waals surface area contributed by atoms with Gasteiger partial charge < -0.3 is 38.3 Å². The van der Waals surface area contributed by atoms with Crippen molar-refractivity contribution in [1.29, 1.82) is 0 Å². The maximum Gasteiger partial charge on any atom is 0.308 e. The van der Waals surface area contributed by atoms with E-state index in [-0.39, 0.29) is 52.1 Å². The maximum atomic E-state index is 11.9. The molecule has 0 aliphatic rings. The zero-order valence-electron chi connectivity index (χ0n) is 18.0. The van der Waals surface area contributed by atoms with Crippen molar-refractivity contribution in [1.82, 2.24) is 0 Å². The topological polar surface area (TPSA) is 153 Å². The molecular weight excluding hydrogens is 420 g/mol. The van der Waals surface area contributed by atoms with Gasteiger partial charge in [-0.15, -0.1) is 0 Å². The largest absolute Gasteiger partial charge is 0.481 e. The van der Waals surface area contributed by atoms with E-state index in [2.05, 4.69) is 0 Å². The van der Waals surface area contributed by atoms with Gasteiger partial charge in [0, 0.05) is 14.2 Å². The summed E-state index contributed by atoms with van der Waals surface area (Å²) in [5, 5.41) is 8.59. The molecule has 0 spiro atoms. The van der Waals surface area contributed by atoms with E-state index in [4.69, 9.17) is 38.3 Å². The van der Waals surface area contributed by atoms with E-state index >= 15 is 0 Å². The SMILES string of the molecule is COCCOCCC(=O)OCC(COC(=O)CCC(=O)O)OC(=O)CCOCCOC. The monoisotopic (exact) mass is 452 g/mol. The van der Waals surface area contributed by atoms with Gasteiger partial charge in [-0.2, -0.15) is 0 Å². The lowest BCUT2D eigenvalue weighted by Gasteiger charge is -2.18. The predicted molar refractivity (Wildman–Crippen MR) is 103 cm³/mol. The Balaban J connectivity index is 4.40. The number of aliphatic carboxylic acids is 1. The lowest BCUT2D eigenvalue weighted by atomic mass is 10.3. The van der Waals surface area contributed by atoms with E-state index in [1.165, 1.54) is 14.2 Å². The van der Waals surface area contributed by atoms with Crippen molar-refractivity contribution in [3.8, 4) is 0 Å². The molecule has 0 aliphatic heterocycles. The molecular formula is C19H32O12. The number of esters is 3. The number of carboxylic acids is 1. The number of ether oxygens (including phenoxy) is 7. The molecule has 0 heterocycles. The van der Waals surface area contributed by atoms with Gasteiger partial charge in [-0.25, -0.2) is 0 Å². The van der Waals surface area contributed by atoms with Crippen LogP contribution in [0.1, 0.15) is 25.7 Å². The molecule has 1 atom stereocenters. The van der Waals surface area contributed by atoms with Crippen LogP contribution in [-0.4, -0.2) is 102 Å². The zero-order valence-corrected chi connectivity index (χ0v) is 18.0. The van der Waals surface area contributed by atoms with Gasteiger partial charge >= 0.3 is 23.9 Å². The highest BCUT2D eigenvalue weighted by molar-refractivity contribution is 5.76. The average molecular weight is 452 g/mol. The van der Waals surface area contributed by atoms with Crippen molar-refractivity contribution < 1.29 is 57.4 Å². The third-order valence-electron chi connectivity index (χ3n) is 3.47. The molecule has 0 bridgehead atoms. The van der Waals surface area contributed by atoms with Gasteiger partial charge in [-0.05, 0) is 0 Å². The molecule has 31 heavy (non-hydrogen) atoms. The summed E-state index contributed by atoms with van der Waals surface area (Å²) in [7, 11) is 3.05. The Bertz CT molecular complexity index is 522. The third kappa shape index (κ3) is 19.4. The van der Waals surface area contributed by atoms with Crippen LogP contribution in [0.25, 0.3) is 0 Å². The number of methoxy groups -OCH3 is 2. The Morgan fingerprint density at radius 2 is 1.13 bits per heavy atom. The van der Waals surface area contributed by atoms with Crippen LogP contribution in [0.15, 0.2) is 0 Å². The molecule has 0 saturated heterocycles. The van der Waals surface area contributed by atoms with Crippen molar-refractivity contribution in [2.45, 2.75) is 31.8 Å². The van der Waals surface area contributed by atoms with E-state index < -0.39 is 30.0 Å². The third-order valence-corrected chi connectivity index (χ3v) is 3.47. The zero-order chi connectivity index (χ0) is 23.3. The second-order valence-corrected chi connectivity index (χ2v) is 6.08. The van der Waals surface area contributed by atoms with E-state index in [1.807, 2.05) is 0 Å². The highest BCUT2D eigenvalue weighted by atomic mass is 16.6. The van der Waals surface area contributed by atoms with Crippen molar-refractivity contribution in [2.75, 3.05) is 67.1 Å². The molecule has 0 aromatic carbocycles. The summed E-state index contributed by atoms with van der Waals surface area (Å²) >= 11 is 0. The molecule has 12 nitrogen and oxygen atoms in total. The van der Waals surface area contributed by atoms with Gasteiger partial charge in [0.25, 0.3) is 0 Å². The Morgan fingerprint density at radius 1 is 0.645 bits per heavy atom. The minimum atomic E-state index is -1.14. The minimum absolute atomic E-state index is 0.0177. The van der Waals surface area contributed by atoms with Crippen LogP contribution >= 0.6 is 0 Å². The Labute approximate surface area is 181 Å². The lowest BCUT2D eigenvalue weighted by Crippen LogP contribution is -2.31. The molecule has 0 fully saturated rings. The first-order valence-electron chi connectivity index (χ1n) is 9.74. The summed E-state index contributed by atoms with van der Waals surface area (Å²) in [6.07, 6.45) is -1.84. The van der Waals surface area contributed by atoms with Gasteiger partial charge in [-0.3, -0.25) is 19.2 Å². The first-order valence-corrected chi connectivity index (χ1v) is 9.74. The van der Waals surface area contributed by atoms with E-state index in [9.17, 15) is 19.2 Å². The van der Waals surface area contributed by atoms with Gasteiger partial charge in [0.05, 0.1) is 65.3 Å². The highest BCUT2D eigenvalue weighted by Gasteiger charge is 2.20. The van der Waals surface area contributed by atoms with Crippen molar-refractivity contribution in [3.63, 3.8) is 0 Å². The molecule has 12 heteroatoms. The fraction of sp³-hybridized carbons (Fsp3) is 0.789. The Kier molecular flexibility index (Phi) is 18.2. The van der Waals surface area contributed by atoms with Crippen molar-refractivity contribution in [2.24, 2.45) is 0 Å². The fourth-order valence-electron chi connectivity index (χ4n) is 1.89. The fourth-order valence-corrected chi connectivity index (χ4v) is 1.89. The van der Waals surface area contributed by atoms with Gasteiger partial charge in [-0.1, -0.05) is 0 Å². The van der Waals surface area contributed by atoms with Gasteiger partial charge in [0.15, 0.2) is 6.10 Å². The number of hydrogen-bond acceptors (Lipinski definition) is 11. The number of carbonyl (C=O) groups is 4. The van der Waals surface area contributed by atoms with Crippen molar-refractivity contribution >= 4 is 23.9 Å².